The van der Waals surface area contributed by atoms with E-state index in [1.54, 1.807) is 11.8 Å². The summed E-state index contributed by atoms with van der Waals surface area (Å²) in [6.07, 6.45) is 1.98. The summed E-state index contributed by atoms with van der Waals surface area (Å²) >= 11 is 1.60. The Labute approximate surface area is 58.8 Å². The summed E-state index contributed by atoms with van der Waals surface area (Å²) in [7, 11) is 1.93. The lowest BCUT2D eigenvalue weighted by Gasteiger charge is -2.10. The molecule has 1 aliphatic rings. The molecule has 0 aromatic rings. The minimum Gasteiger partial charge on any atom is -0.308 e. The highest BCUT2D eigenvalue weighted by Crippen LogP contribution is 2.11. The van der Waals surface area contributed by atoms with Gasteiger partial charge in [-0.1, -0.05) is 18.3 Å². The second-order valence-corrected chi connectivity index (χ2v) is 2.49. The van der Waals surface area contributed by atoms with Gasteiger partial charge in [-0.2, -0.15) is 0 Å². The fourth-order valence-corrected chi connectivity index (χ4v) is 1.08. The summed E-state index contributed by atoms with van der Waals surface area (Å²) in [6, 6.07) is 0. The third-order valence-corrected chi connectivity index (χ3v) is 1.89. The molecule has 0 atom stereocenters. The van der Waals surface area contributed by atoms with Crippen LogP contribution in [0.25, 0.3) is 0 Å². The minimum absolute atomic E-state index is 0.833. The number of amidine groups is 1. The molecule has 50 valence electrons. The van der Waals surface area contributed by atoms with Crippen LogP contribution in [0.3, 0.4) is 0 Å². The molecule has 0 amide bonds. The van der Waals surface area contributed by atoms with E-state index in [-0.39, 0.29) is 0 Å². The second kappa shape index (κ2) is 2.31. The molecule has 0 fully saturated rings. The maximum Gasteiger partial charge on any atom is 0.188 e. The molecule has 0 bridgehead atoms. The Morgan fingerprint density at radius 1 is 1.78 bits per heavy atom. The third-order valence-electron chi connectivity index (χ3n) is 1.15. The van der Waals surface area contributed by atoms with Crippen molar-refractivity contribution in [2.75, 3.05) is 13.3 Å². The Kier molecular flexibility index (Phi) is 1.66. The lowest BCUT2D eigenvalue weighted by molar-refractivity contribution is 0.625. The van der Waals surface area contributed by atoms with Crippen LogP contribution in [0.5, 0.6) is 0 Å². The monoisotopic (exact) mass is 143 g/mol. The largest absolute Gasteiger partial charge is 0.308 e. The van der Waals surface area contributed by atoms with Crippen LogP contribution >= 0.6 is 11.8 Å². The fourth-order valence-electron chi connectivity index (χ4n) is 0.560. The van der Waals surface area contributed by atoms with Gasteiger partial charge in [-0.05, 0) is 6.26 Å². The van der Waals surface area contributed by atoms with E-state index in [1.165, 1.54) is 0 Å². The molecular weight excluding hydrogens is 134 g/mol. The normalized spacial score (nSPS) is 17.8. The van der Waals surface area contributed by atoms with Gasteiger partial charge in [-0.3, -0.25) is 5.43 Å². The van der Waals surface area contributed by atoms with E-state index in [0.29, 0.717) is 0 Å². The first-order valence-electron chi connectivity index (χ1n) is 2.56. The van der Waals surface area contributed by atoms with E-state index < -0.39 is 0 Å². The highest BCUT2D eigenvalue weighted by atomic mass is 32.2. The molecule has 1 rings (SSSR count). The number of hydrazone groups is 1. The van der Waals surface area contributed by atoms with Crippen molar-refractivity contribution >= 4 is 16.9 Å². The van der Waals surface area contributed by atoms with Gasteiger partial charge < -0.3 is 4.90 Å². The molecule has 4 heteroatoms. The molecule has 3 nitrogen and oxygen atoms in total. The standard InChI is InChI=1S/C5H9N3S/c1-4-6-7-5(9-3)8(4)2/h6H,1H2,2-3H3. The van der Waals surface area contributed by atoms with Gasteiger partial charge >= 0.3 is 0 Å². The van der Waals surface area contributed by atoms with Crippen molar-refractivity contribution in [3.63, 3.8) is 0 Å². The number of thioether (sulfide) groups is 1. The molecule has 0 saturated carbocycles. The molecule has 9 heavy (non-hydrogen) atoms. The Balaban J connectivity index is 2.66. The van der Waals surface area contributed by atoms with E-state index in [4.69, 9.17) is 0 Å². The first kappa shape index (κ1) is 6.48. The molecule has 0 unspecified atom stereocenters. The summed E-state index contributed by atoms with van der Waals surface area (Å²) in [4.78, 5) is 1.91. The SMILES string of the molecule is C=C1NN=C(SC)N1C. The minimum atomic E-state index is 0.833. The van der Waals surface area contributed by atoms with Crippen LogP contribution in [0.2, 0.25) is 0 Å². The molecule has 1 heterocycles. The lowest BCUT2D eigenvalue weighted by atomic mass is 10.7. The van der Waals surface area contributed by atoms with Crippen LogP contribution in [0.4, 0.5) is 0 Å². The molecule has 0 aromatic heterocycles. The van der Waals surface area contributed by atoms with Crippen LogP contribution < -0.4 is 5.43 Å². The van der Waals surface area contributed by atoms with Crippen LogP contribution in [0, 0.1) is 0 Å². The van der Waals surface area contributed by atoms with E-state index in [2.05, 4.69) is 17.1 Å². The predicted octanol–water partition coefficient (Wildman–Crippen LogP) is 0.627. The molecule has 1 aliphatic heterocycles. The smallest absolute Gasteiger partial charge is 0.188 e. The maximum absolute atomic E-state index is 3.97. The first-order valence-corrected chi connectivity index (χ1v) is 3.78. The van der Waals surface area contributed by atoms with Crippen molar-refractivity contribution in [3.8, 4) is 0 Å². The Morgan fingerprint density at radius 3 is 2.67 bits per heavy atom. The van der Waals surface area contributed by atoms with Crippen LogP contribution in [-0.4, -0.2) is 23.4 Å². The number of hydrogen-bond acceptors (Lipinski definition) is 4. The quantitative estimate of drug-likeness (QED) is 0.539. The van der Waals surface area contributed by atoms with Crippen molar-refractivity contribution in [3.05, 3.63) is 12.4 Å². The van der Waals surface area contributed by atoms with E-state index in [0.717, 1.165) is 11.0 Å². The Bertz CT molecular complexity index is 164. The zero-order valence-corrected chi connectivity index (χ0v) is 6.33. The van der Waals surface area contributed by atoms with Gasteiger partial charge in [0.15, 0.2) is 5.17 Å². The summed E-state index contributed by atoms with van der Waals surface area (Å²) in [5, 5.41) is 4.93. The van der Waals surface area contributed by atoms with Gasteiger partial charge in [0.2, 0.25) is 0 Å². The van der Waals surface area contributed by atoms with Gasteiger partial charge in [0, 0.05) is 7.05 Å². The zero-order valence-electron chi connectivity index (χ0n) is 5.51. The summed E-state index contributed by atoms with van der Waals surface area (Å²) in [5.41, 5.74) is 2.77. The number of rotatable bonds is 0. The summed E-state index contributed by atoms with van der Waals surface area (Å²) in [5.74, 6) is 0.833. The van der Waals surface area contributed by atoms with Gasteiger partial charge in [0.1, 0.15) is 5.82 Å². The molecule has 0 saturated heterocycles. The molecule has 0 aliphatic carbocycles. The Morgan fingerprint density at radius 2 is 2.44 bits per heavy atom. The molecular formula is C5H9N3S. The fraction of sp³-hybridized carbons (Fsp3) is 0.400. The van der Waals surface area contributed by atoms with Gasteiger partial charge in [-0.15, -0.1) is 5.10 Å². The second-order valence-electron chi connectivity index (χ2n) is 1.72. The van der Waals surface area contributed by atoms with E-state index in [1.807, 2.05) is 18.2 Å². The van der Waals surface area contributed by atoms with Gasteiger partial charge in [0.25, 0.3) is 0 Å². The molecule has 1 N–H and O–H groups in total. The van der Waals surface area contributed by atoms with Crippen LogP contribution in [-0.2, 0) is 0 Å². The summed E-state index contributed by atoms with van der Waals surface area (Å²) in [6.45, 7) is 3.72. The van der Waals surface area contributed by atoms with Crippen molar-refractivity contribution < 1.29 is 0 Å². The van der Waals surface area contributed by atoms with Gasteiger partial charge in [-0.25, -0.2) is 0 Å². The average Bonchev–Trinajstić information content (AvgIpc) is 2.15. The van der Waals surface area contributed by atoms with Crippen molar-refractivity contribution in [2.24, 2.45) is 5.10 Å². The van der Waals surface area contributed by atoms with Crippen LogP contribution in [0.1, 0.15) is 0 Å². The highest BCUT2D eigenvalue weighted by Gasteiger charge is 2.13. The highest BCUT2D eigenvalue weighted by molar-refractivity contribution is 8.13. The molecule has 0 aromatic carbocycles. The lowest BCUT2D eigenvalue weighted by Crippen LogP contribution is -2.19. The zero-order chi connectivity index (χ0) is 6.85. The van der Waals surface area contributed by atoms with Crippen molar-refractivity contribution in [1.29, 1.82) is 0 Å². The van der Waals surface area contributed by atoms with Crippen molar-refractivity contribution in [2.45, 2.75) is 0 Å². The number of hydrogen-bond donors (Lipinski definition) is 1. The van der Waals surface area contributed by atoms with Crippen LogP contribution in [0.15, 0.2) is 17.5 Å². The maximum atomic E-state index is 3.97. The number of nitrogens with zero attached hydrogens (tertiary/aromatic N) is 2. The molecule has 0 spiro atoms. The van der Waals surface area contributed by atoms with E-state index >= 15 is 0 Å². The molecule has 0 radical (unpaired) electrons. The Hall–Kier alpha value is -0.640. The topological polar surface area (TPSA) is 27.6 Å². The van der Waals surface area contributed by atoms with Gasteiger partial charge in [0.05, 0.1) is 0 Å². The summed E-state index contributed by atoms with van der Waals surface area (Å²) < 4.78 is 0. The van der Waals surface area contributed by atoms with Crippen molar-refractivity contribution in [1.82, 2.24) is 10.3 Å². The third kappa shape index (κ3) is 1.03. The number of nitrogens with one attached hydrogen (secondary N) is 1. The predicted molar refractivity (Wildman–Crippen MR) is 41.0 cm³/mol. The van der Waals surface area contributed by atoms with E-state index in [9.17, 15) is 0 Å². The first-order chi connectivity index (χ1) is 4.25. The average molecular weight is 143 g/mol.